The van der Waals surface area contributed by atoms with Gasteiger partial charge in [0.05, 0.1) is 16.7 Å². The molecule has 0 saturated heterocycles. The van der Waals surface area contributed by atoms with Crippen molar-refractivity contribution in [2.24, 2.45) is 5.92 Å². The predicted octanol–water partition coefficient (Wildman–Crippen LogP) is 2.38. The molecule has 0 amide bonds. The van der Waals surface area contributed by atoms with Gasteiger partial charge in [0.25, 0.3) is 0 Å². The molecule has 2 rings (SSSR count). The zero-order chi connectivity index (χ0) is 11.4. The number of fused-ring (bicyclic) bond motifs is 1. The smallest absolute Gasteiger partial charge is 0.0890 e. The van der Waals surface area contributed by atoms with E-state index in [-0.39, 0.29) is 0 Å². The molecule has 0 radical (unpaired) electrons. The molecule has 0 unspecified atom stereocenters. The first-order valence-electron chi connectivity index (χ1n) is 5.67. The number of nitrogens with zero attached hydrogens (tertiary/aromatic N) is 2. The summed E-state index contributed by atoms with van der Waals surface area (Å²) in [5, 5.41) is 3.38. The Labute approximate surface area is 95.9 Å². The van der Waals surface area contributed by atoms with Crippen LogP contribution in [0.1, 0.15) is 19.5 Å². The fourth-order valence-corrected chi connectivity index (χ4v) is 1.59. The minimum Gasteiger partial charge on any atom is -0.311 e. The summed E-state index contributed by atoms with van der Waals surface area (Å²) in [7, 11) is 0. The Kier molecular flexibility index (Phi) is 3.47. The van der Waals surface area contributed by atoms with Gasteiger partial charge in [-0.25, -0.2) is 4.98 Å². The van der Waals surface area contributed by atoms with E-state index in [1.54, 1.807) is 6.20 Å². The third-order valence-corrected chi connectivity index (χ3v) is 2.37. The van der Waals surface area contributed by atoms with Crippen LogP contribution in [0.4, 0.5) is 0 Å². The molecular formula is C13H17N3. The zero-order valence-electron chi connectivity index (χ0n) is 9.77. The van der Waals surface area contributed by atoms with Crippen LogP contribution in [0.25, 0.3) is 11.0 Å². The molecule has 84 valence electrons. The summed E-state index contributed by atoms with van der Waals surface area (Å²) in [6, 6.07) is 7.96. The van der Waals surface area contributed by atoms with Crippen molar-refractivity contribution in [1.82, 2.24) is 15.3 Å². The molecule has 0 aliphatic rings. The first-order chi connectivity index (χ1) is 7.75. The van der Waals surface area contributed by atoms with E-state index in [2.05, 4.69) is 29.1 Å². The highest BCUT2D eigenvalue weighted by molar-refractivity contribution is 5.73. The van der Waals surface area contributed by atoms with Crippen LogP contribution in [0.5, 0.6) is 0 Å². The van der Waals surface area contributed by atoms with Gasteiger partial charge in [-0.1, -0.05) is 13.8 Å². The molecule has 1 N–H and O–H groups in total. The Morgan fingerprint density at radius 1 is 1.19 bits per heavy atom. The molecule has 3 heteroatoms. The molecule has 0 bridgehead atoms. The lowest BCUT2D eigenvalue weighted by atomic mass is 10.2. The van der Waals surface area contributed by atoms with Crippen molar-refractivity contribution in [3.8, 4) is 0 Å². The topological polar surface area (TPSA) is 37.8 Å². The highest BCUT2D eigenvalue weighted by Crippen LogP contribution is 2.08. The van der Waals surface area contributed by atoms with Crippen LogP contribution < -0.4 is 5.32 Å². The summed E-state index contributed by atoms with van der Waals surface area (Å²) in [6.45, 7) is 6.24. The summed E-state index contributed by atoms with van der Waals surface area (Å²) in [4.78, 5) is 8.79. The first kappa shape index (κ1) is 11.0. The third kappa shape index (κ3) is 2.76. The van der Waals surface area contributed by atoms with E-state index in [9.17, 15) is 0 Å². The molecule has 0 saturated carbocycles. The van der Waals surface area contributed by atoms with E-state index in [1.807, 2.05) is 24.3 Å². The maximum Gasteiger partial charge on any atom is 0.0890 e. The lowest BCUT2D eigenvalue weighted by Crippen LogP contribution is -2.19. The van der Waals surface area contributed by atoms with Crippen molar-refractivity contribution in [2.75, 3.05) is 6.54 Å². The first-order valence-corrected chi connectivity index (χ1v) is 5.67. The molecule has 0 aliphatic carbocycles. The van der Waals surface area contributed by atoms with Crippen molar-refractivity contribution in [3.05, 3.63) is 36.2 Å². The van der Waals surface area contributed by atoms with Gasteiger partial charge in [-0.05, 0) is 36.7 Å². The lowest BCUT2D eigenvalue weighted by molar-refractivity contribution is 0.549. The van der Waals surface area contributed by atoms with Crippen LogP contribution in [0.3, 0.4) is 0 Å². The second kappa shape index (κ2) is 5.03. The molecule has 0 atom stereocenters. The average molecular weight is 215 g/mol. The number of hydrogen-bond acceptors (Lipinski definition) is 3. The van der Waals surface area contributed by atoms with E-state index in [0.717, 1.165) is 29.8 Å². The van der Waals surface area contributed by atoms with E-state index in [1.165, 1.54) is 0 Å². The van der Waals surface area contributed by atoms with Crippen LogP contribution in [0.2, 0.25) is 0 Å². The largest absolute Gasteiger partial charge is 0.311 e. The fraction of sp³-hybridized carbons (Fsp3) is 0.385. The number of aromatic nitrogens is 2. The van der Waals surface area contributed by atoms with Crippen LogP contribution in [-0.2, 0) is 6.54 Å². The molecule has 0 aliphatic heterocycles. The van der Waals surface area contributed by atoms with Crippen molar-refractivity contribution in [3.63, 3.8) is 0 Å². The summed E-state index contributed by atoms with van der Waals surface area (Å²) < 4.78 is 0. The van der Waals surface area contributed by atoms with Gasteiger partial charge in [0, 0.05) is 12.7 Å². The minimum absolute atomic E-state index is 0.669. The van der Waals surface area contributed by atoms with Gasteiger partial charge >= 0.3 is 0 Å². The quantitative estimate of drug-likeness (QED) is 0.851. The standard InChI is InChI=1S/C13H17N3/c1-10(2)8-14-9-11-5-6-12-13(16-11)4-3-7-15-12/h3-7,10,14H,8-9H2,1-2H3. The Balaban J connectivity index is 2.08. The number of nitrogens with one attached hydrogen (secondary N) is 1. The molecule has 16 heavy (non-hydrogen) atoms. The maximum atomic E-state index is 4.55. The SMILES string of the molecule is CC(C)CNCc1ccc2ncccc2n1. The molecule has 0 fully saturated rings. The summed E-state index contributed by atoms with van der Waals surface area (Å²) >= 11 is 0. The van der Waals surface area contributed by atoms with E-state index in [4.69, 9.17) is 0 Å². The van der Waals surface area contributed by atoms with Crippen molar-refractivity contribution < 1.29 is 0 Å². The fourth-order valence-electron chi connectivity index (χ4n) is 1.59. The van der Waals surface area contributed by atoms with Gasteiger partial charge in [-0.15, -0.1) is 0 Å². The van der Waals surface area contributed by atoms with Crippen LogP contribution in [-0.4, -0.2) is 16.5 Å². The van der Waals surface area contributed by atoms with Gasteiger partial charge in [0.15, 0.2) is 0 Å². The number of pyridine rings is 2. The molecular weight excluding hydrogens is 198 g/mol. The minimum atomic E-state index is 0.669. The summed E-state index contributed by atoms with van der Waals surface area (Å²) in [6.07, 6.45) is 1.79. The highest BCUT2D eigenvalue weighted by Gasteiger charge is 1.99. The highest BCUT2D eigenvalue weighted by atomic mass is 14.9. The molecule has 3 nitrogen and oxygen atoms in total. The molecule has 2 aromatic heterocycles. The number of hydrogen-bond donors (Lipinski definition) is 1. The molecule has 2 heterocycles. The van der Waals surface area contributed by atoms with Gasteiger partial charge < -0.3 is 5.32 Å². The van der Waals surface area contributed by atoms with E-state index >= 15 is 0 Å². The average Bonchev–Trinajstić information content (AvgIpc) is 2.28. The number of rotatable bonds is 4. The third-order valence-electron chi connectivity index (χ3n) is 2.37. The second-order valence-corrected chi connectivity index (χ2v) is 4.37. The lowest BCUT2D eigenvalue weighted by Gasteiger charge is -2.07. The van der Waals surface area contributed by atoms with Crippen molar-refractivity contribution in [2.45, 2.75) is 20.4 Å². The summed E-state index contributed by atoms with van der Waals surface area (Å²) in [5.74, 6) is 0.669. The second-order valence-electron chi connectivity index (χ2n) is 4.37. The van der Waals surface area contributed by atoms with Crippen LogP contribution in [0, 0.1) is 5.92 Å². The summed E-state index contributed by atoms with van der Waals surface area (Å²) in [5.41, 5.74) is 2.99. The van der Waals surface area contributed by atoms with E-state index in [0.29, 0.717) is 5.92 Å². The Hall–Kier alpha value is -1.48. The predicted molar refractivity (Wildman–Crippen MR) is 66.1 cm³/mol. The monoisotopic (exact) mass is 215 g/mol. The Morgan fingerprint density at radius 3 is 2.88 bits per heavy atom. The Bertz CT molecular complexity index is 465. The van der Waals surface area contributed by atoms with Crippen LogP contribution in [0.15, 0.2) is 30.5 Å². The maximum absolute atomic E-state index is 4.55. The van der Waals surface area contributed by atoms with Gasteiger partial charge in [0.1, 0.15) is 0 Å². The zero-order valence-corrected chi connectivity index (χ0v) is 9.77. The van der Waals surface area contributed by atoms with Crippen molar-refractivity contribution in [1.29, 1.82) is 0 Å². The Morgan fingerprint density at radius 2 is 2.06 bits per heavy atom. The molecule has 2 aromatic rings. The normalized spacial score (nSPS) is 11.2. The van der Waals surface area contributed by atoms with Gasteiger partial charge in [-0.2, -0.15) is 0 Å². The molecule has 0 aromatic carbocycles. The van der Waals surface area contributed by atoms with Crippen molar-refractivity contribution >= 4 is 11.0 Å². The van der Waals surface area contributed by atoms with Crippen LogP contribution >= 0.6 is 0 Å². The van der Waals surface area contributed by atoms with Gasteiger partial charge in [0.2, 0.25) is 0 Å². The van der Waals surface area contributed by atoms with Gasteiger partial charge in [-0.3, -0.25) is 4.98 Å². The van der Waals surface area contributed by atoms with E-state index < -0.39 is 0 Å². The molecule has 0 spiro atoms.